The van der Waals surface area contributed by atoms with Gasteiger partial charge in [0.2, 0.25) is 5.43 Å². The van der Waals surface area contributed by atoms with E-state index < -0.39 is 10.9 Å². The van der Waals surface area contributed by atoms with E-state index in [1.807, 2.05) is 0 Å². The van der Waals surface area contributed by atoms with E-state index in [2.05, 4.69) is 0 Å². The molecule has 0 spiro atoms. The Morgan fingerprint density at radius 3 is 2.50 bits per heavy atom. The summed E-state index contributed by atoms with van der Waals surface area (Å²) in [6.07, 6.45) is 6.22. The number of hydrogen-bond donors (Lipinski definition) is 0. The molecule has 1 aromatic carbocycles. The van der Waals surface area contributed by atoms with Gasteiger partial charge >= 0.3 is 0 Å². The molecular weight excluding hydrogens is 180 g/mol. The quantitative estimate of drug-likeness (QED) is 0.680. The fourth-order valence-electron chi connectivity index (χ4n) is 1.96. The van der Waals surface area contributed by atoms with E-state index in [1.165, 1.54) is 38.2 Å². The van der Waals surface area contributed by atoms with Crippen LogP contribution < -0.4 is 15.6 Å². The number of rotatable bonds is 3. The molecule has 1 aliphatic carbocycles. The van der Waals surface area contributed by atoms with Gasteiger partial charge in [0, 0.05) is 6.07 Å². The van der Waals surface area contributed by atoms with Gasteiger partial charge in [-0.25, -0.2) is 0 Å². The normalized spacial score (nSPS) is 18.6. The zero-order valence-electron chi connectivity index (χ0n) is 8.12. The molecule has 76 valence electrons. The van der Waals surface area contributed by atoms with Crippen LogP contribution in [0.2, 0.25) is 0 Å². The van der Waals surface area contributed by atoms with E-state index in [-0.39, 0.29) is 5.75 Å². The molecule has 0 unspecified atom stereocenters. The van der Waals surface area contributed by atoms with Crippen LogP contribution in [-0.2, 0) is 0 Å². The van der Waals surface area contributed by atoms with Crippen molar-refractivity contribution in [3.8, 4) is 5.75 Å². The van der Waals surface area contributed by atoms with Crippen LogP contribution >= 0.6 is 0 Å². The molecule has 0 aromatic heterocycles. The fraction of sp³-hybridized carbons (Fsp3) is 0.636. The van der Waals surface area contributed by atoms with Crippen molar-refractivity contribution in [1.82, 2.24) is 0 Å². The maximum Gasteiger partial charge on any atom is 0.267 e. The van der Waals surface area contributed by atoms with Crippen LogP contribution in [0.15, 0.2) is 15.7 Å². The highest BCUT2D eigenvalue weighted by Crippen LogP contribution is 2.23. The highest BCUT2D eigenvalue weighted by molar-refractivity contribution is 5.26. The summed E-state index contributed by atoms with van der Waals surface area (Å²) < 4.78 is 5.29. The molecule has 1 fully saturated rings. The van der Waals surface area contributed by atoms with Gasteiger partial charge in [0.05, 0.1) is 6.61 Å². The van der Waals surface area contributed by atoms with Gasteiger partial charge in [0.1, 0.15) is 0 Å². The van der Waals surface area contributed by atoms with Crippen LogP contribution in [0.3, 0.4) is 0 Å². The molecule has 3 nitrogen and oxygen atoms in total. The Morgan fingerprint density at radius 1 is 1.21 bits per heavy atom. The lowest BCUT2D eigenvalue weighted by molar-refractivity contribution is 0.205. The van der Waals surface area contributed by atoms with Crippen LogP contribution in [0, 0.1) is 5.92 Å². The van der Waals surface area contributed by atoms with E-state index in [0.29, 0.717) is 12.5 Å². The summed E-state index contributed by atoms with van der Waals surface area (Å²) >= 11 is 0. The second-order valence-electron chi connectivity index (χ2n) is 4.02. The van der Waals surface area contributed by atoms with Gasteiger partial charge in [-0.3, -0.25) is 9.59 Å². The van der Waals surface area contributed by atoms with Crippen LogP contribution in [0.5, 0.6) is 5.75 Å². The van der Waals surface area contributed by atoms with Crippen molar-refractivity contribution < 1.29 is 4.74 Å². The van der Waals surface area contributed by atoms with Gasteiger partial charge < -0.3 is 4.74 Å². The predicted molar refractivity (Wildman–Crippen MR) is 53.4 cm³/mol. The molecule has 0 radical (unpaired) electrons. The lowest BCUT2D eigenvalue weighted by Crippen LogP contribution is -2.32. The molecule has 0 atom stereocenters. The van der Waals surface area contributed by atoms with Crippen molar-refractivity contribution in [2.24, 2.45) is 5.92 Å². The Kier molecular flexibility index (Phi) is 2.66. The van der Waals surface area contributed by atoms with Gasteiger partial charge in [-0.2, -0.15) is 0 Å². The first-order chi connectivity index (χ1) is 6.77. The van der Waals surface area contributed by atoms with Crippen LogP contribution in [0.4, 0.5) is 0 Å². The molecule has 2 rings (SSSR count). The first-order valence-corrected chi connectivity index (χ1v) is 5.20. The fourth-order valence-corrected chi connectivity index (χ4v) is 1.96. The van der Waals surface area contributed by atoms with Crippen LogP contribution in [-0.4, -0.2) is 6.61 Å². The van der Waals surface area contributed by atoms with Crippen molar-refractivity contribution in [3.05, 3.63) is 26.5 Å². The minimum Gasteiger partial charge on any atom is -0.489 e. The van der Waals surface area contributed by atoms with Gasteiger partial charge in [-0.05, 0) is 18.8 Å². The van der Waals surface area contributed by atoms with E-state index in [4.69, 9.17) is 4.74 Å². The maximum absolute atomic E-state index is 10.9. The molecule has 0 bridgehead atoms. The topological polar surface area (TPSA) is 43.4 Å². The molecular formula is C11H14O3. The average Bonchev–Trinajstić information content (AvgIpc) is 2.25. The van der Waals surface area contributed by atoms with Crippen molar-refractivity contribution in [2.45, 2.75) is 32.1 Å². The Bertz CT molecular complexity index is 367. The Morgan fingerprint density at radius 2 is 1.93 bits per heavy atom. The summed E-state index contributed by atoms with van der Waals surface area (Å²) in [5, 5.41) is 0. The third-order valence-corrected chi connectivity index (χ3v) is 2.91. The zero-order valence-corrected chi connectivity index (χ0v) is 8.12. The van der Waals surface area contributed by atoms with Gasteiger partial charge in [-0.15, -0.1) is 0 Å². The molecule has 0 aliphatic heterocycles. The second-order valence-corrected chi connectivity index (χ2v) is 4.02. The zero-order chi connectivity index (χ0) is 9.97. The monoisotopic (exact) mass is 194 g/mol. The first-order valence-electron chi connectivity index (χ1n) is 5.20. The lowest BCUT2D eigenvalue weighted by atomic mass is 9.90. The minimum absolute atomic E-state index is 0.264. The molecule has 1 aliphatic rings. The Labute approximate surface area is 82.4 Å². The molecule has 0 heterocycles. The van der Waals surface area contributed by atoms with Crippen molar-refractivity contribution in [3.63, 3.8) is 0 Å². The molecule has 0 saturated heterocycles. The average molecular weight is 194 g/mol. The van der Waals surface area contributed by atoms with Gasteiger partial charge in [-0.1, -0.05) is 19.3 Å². The Balaban J connectivity index is 1.80. The van der Waals surface area contributed by atoms with E-state index in [0.717, 1.165) is 0 Å². The molecule has 0 N–H and O–H groups in total. The first kappa shape index (κ1) is 9.44. The SMILES string of the molecule is O=c1cc(OCC2CCCCC2)c1=O. The summed E-state index contributed by atoms with van der Waals surface area (Å²) in [5.41, 5.74) is -0.885. The van der Waals surface area contributed by atoms with Crippen LogP contribution in [0.1, 0.15) is 32.1 Å². The lowest BCUT2D eigenvalue weighted by Gasteiger charge is -2.21. The van der Waals surface area contributed by atoms with E-state index >= 15 is 0 Å². The summed E-state index contributed by atoms with van der Waals surface area (Å²) in [5.74, 6) is 0.841. The standard InChI is InChI=1S/C11H14O3/c12-9-6-10(11(9)13)14-7-8-4-2-1-3-5-8/h6,8H,1-5,7H2. The number of hydrogen-bond acceptors (Lipinski definition) is 3. The predicted octanol–water partition coefficient (Wildman–Crippen LogP) is 1.24. The number of ether oxygens (including phenoxy) is 1. The molecule has 1 saturated carbocycles. The third kappa shape index (κ3) is 1.86. The molecule has 0 amide bonds. The molecule has 14 heavy (non-hydrogen) atoms. The second kappa shape index (κ2) is 3.95. The van der Waals surface area contributed by atoms with Crippen molar-refractivity contribution in [1.29, 1.82) is 0 Å². The van der Waals surface area contributed by atoms with Crippen molar-refractivity contribution >= 4 is 0 Å². The Hall–Kier alpha value is -1.12. The maximum atomic E-state index is 10.9. The summed E-state index contributed by atoms with van der Waals surface area (Å²) in [6.45, 7) is 0.602. The highest BCUT2D eigenvalue weighted by atomic mass is 16.5. The summed E-state index contributed by atoms with van der Waals surface area (Å²) in [4.78, 5) is 21.5. The smallest absolute Gasteiger partial charge is 0.267 e. The molecule has 1 aromatic rings. The van der Waals surface area contributed by atoms with Crippen LogP contribution in [0.25, 0.3) is 0 Å². The molecule has 3 heteroatoms. The minimum atomic E-state index is -0.458. The third-order valence-electron chi connectivity index (χ3n) is 2.91. The van der Waals surface area contributed by atoms with Gasteiger partial charge in [0.25, 0.3) is 5.43 Å². The van der Waals surface area contributed by atoms with E-state index in [9.17, 15) is 9.59 Å². The summed E-state index contributed by atoms with van der Waals surface area (Å²) in [7, 11) is 0. The van der Waals surface area contributed by atoms with E-state index in [1.54, 1.807) is 0 Å². The van der Waals surface area contributed by atoms with Gasteiger partial charge in [0.15, 0.2) is 5.75 Å². The van der Waals surface area contributed by atoms with Crippen molar-refractivity contribution in [2.75, 3.05) is 6.61 Å². The highest BCUT2D eigenvalue weighted by Gasteiger charge is 2.16. The summed E-state index contributed by atoms with van der Waals surface area (Å²) in [6, 6.07) is 1.28. The largest absolute Gasteiger partial charge is 0.489 e.